The minimum atomic E-state index is -1.37. The Hall–Kier alpha value is -4.83. The predicted molar refractivity (Wildman–Crippen MR) is 172 cm³/mol. The summed E-state index contributed by atoms with van der Waals surface area (Å²) >= 11 is 0. The minimum absolute atomic E-state index is 0.0204. The normalized spacial score (nSPS) is 11.7. The lowest BCUT2D eigenvalue weighted by atomic mass is 9.89. The lowest BCUT2D eigenvalue weighted by Gasteiger charge is -2.37. The molecule has 45 heavy (non-hydrogen) atoms. The van der Waals surface area contributed by atoms with E-state index in [1.165, 1.54) is 10.6 Å². The standard InChI is InChI=1S/C35H39FN4O5/c1-7-10-30-28(19-23-14-13-22(20-29(23)36)26-11-8-9-12-27(26)31(37)39-33(42)43)32(41)40(21(2)38-30)24-15-17-25(18-16-24)45-35(5,6)34(3,4)44/h8-9,11-18,20,44H,7,10,19H2,1-6H3,(H2,37,39)(H,42,43). The molecule has 1 amide bonds. The van der Waals surface area contributed by atoms with Gasteiger partial charge < -0.3 is 14.9 Å². The van der Waals surface area contributed by atoms with Crippen LogP contribution in [0.3, 0.4) is 0 Å². The van der Waals surface area contributed by atoms with Crippen molar-refractivity contribution in [1.82, 2.24) is 14.9 Å². The lowest BCUT2D eigenvalue weighted by Crippen LogP contribution is -2.49. The van der Waals surface area contributed by atoms with Crippen molar-refractivity contribution in [3.63, 3.8) is 0 Å². The van der Waals surface area contributed by atoms with Gasteiger partial charge in [-0.15, -0.1) is 0 Å². The third-order valence-electron chi connectivity index (χ3n) is 8.02. The summed E-state index contributed by atoms with van der Waals surface area (Å²) in [6.07, 6.45) is -0.0420. The number of hydrogen-bond donors (Lipinski definition) is 4. The number of carbonyl (C=O) groups is 1. The Balaban J connectivity index is 1.70. The number of benzene rings is 3. The monoisotopic (exact) mass is 614 g/mol. The molecule has 10 heteroatoms. The van der Waals surface area contributed by atoms with Crippen LogP contribution in [0.2, 0.25) is 0 Å². The van der Waals surface area contributed by atoms with Crippen LogP contribution in [0.4, 0.5) is 9.18 Å². The van der Waals surface area contributed by atoms with Crippen molar-refractivity contribution in [3.05, 3.63) is 111 Å². The maximum Gasteiger partial charge on any atom is 0.410 e. The van der Waals surface area contributed by atoms with Crippen LogP contribution in [0.5, 0.6) is 5.75 Å². The molecule has 1 aromatic heterocycles. The smallest absolute Gasteiger partial charge is 0.410 e. The van der Waals surface area contributed by atoms with Crippen molar-refractivity contribution >= 4 is 11.9 Å². The number of halogens is 1. The molecule has 236 valence electrons. The first-order valence-electron chi connectivity index (χ1n) is 14.7. The van der Waals surface area contributed by atoms with Gasteiger partial charge in [-0.3, -0.25) is 20.1 Å². The zero-order chi connectivity index (χ0) is 33.1. The molecule has 4 aromatic rings. The van der Waals surface area contributed by atoms with Crippen LogP contribution in [0.25, 0.3) is 16.8 Å². The Morgan fingerprint density at radius 2 is 1.73 bits per heavy atom. The highest BCUT2D eigenvalue weighted by atomic mass is 19.1. The quantitative estimate of drug-likeness (QED) is 0.120. The van der Waals surface area contributed by atoms with E-state index in [2.05, 4.69) is 0 Å². The minimum Gasteiger partial charge on any atom is -0.485 e. The molecule has 0 unspecified atom stereocenters. The third kappa shape index (κ3) is 7.29. The maximum atomic E-state index is 15.7. The number of nitrogens with one attached hydrogen (secondary N) is 2. The molecule has 0 spiro atoms. The number of nitrogens with zero attached hydrogens (tertiary/aromatic N) is 2. The summed E-state index contributed by atoms with van der Waals surface area (Å²) in [4.78, 5) is 29.8. The summed E-state index contributed by atoms with van der Waals surface area (Å²) in [5.41, 5.74) is 0.906. The molecule has 0 fully saturated rings. The summed E-state index contributed by atoms with van der Waals surface area (Å²) < 4.78 is 23.2. The van der Waals surface area contributed by atoms with Gasteiger partial charge in [-0.1, -0.05) is 49.7 Å². The summed E-state index contributed by atoms with van der Waals surface area (Å²) in [7, 11) is 0. The Labute approximate surface area is 261 Å². The molecule has 4 rings (SSSR count). The number of aryl methyl sites for hydroxylation is 2. The van der Waals surface area contributed by atoms with Gasteiger partial charge in [0, 0.05) is 17.5 Å². The lowest BCUT2D eigenvalue weighted by molar-refractivity contribution is -0.0906. The van der Waals surface area contributed by atoms with Crippen molar-refractivity contribution in [1.29, 1.82) is 5.41 Å². The van der Waals surface area contributed by atoms with E-state index in [1.807, 2.05) is 12.2 Å². The number of aromatic nitrogens is 2. The highest BCUT2D eigenvalue weighted by Gasteiger charge is 2.37. The van der Waals surface area contributed by atoms with E-state index in [4.69, 9.17) is 20.2 Å². The molecule has 0 aliphatic rings. The first-order valence-corrected chi connectivity index (χ1v) is 14.7. The van der Waals surface area contributed by atoms with Crippen molar-refractivity contribution < 1.29 is 24.1 Å². The van der Waals surface area contributed by atoms with Gasteiger partial charge in [-0.05, 0) is 88.1 Å². The van der Waals surface area contributed by atoms with Crippen LogP contribution in [0.15, 0.2) is 71.5 Å². The van der Waals surface area contributed by atoms with Crippen LogP contribution < -0.4 is 15.6 Å². The molecule has 4 N–H and O–H groups in total. The molecule has 0 aliphatic carbocycles. The molecular formula is C35H39FN4O5. The number of ether oxygens (including phenoxy) is 1. The molecule has 0 bridgehead atoms. The number of hydrogen-bond acceptors (Lipinski definition) is 6. The number of rotatable bonds is 10. The van der Waals surface area contributed by atoms with Crippen LogP contribution in [-0.2, 0) is 12.8 Å². The molecule has 0 aliphatic heterocycles. The second-order valence-corrected chi connectivity index (χ2v) is 12.0. The van der Waals surface area contributed by atoms with Gasteiger partial charge in [-0.25, -0.2) is 14.2 Å². The highest BCUT2D eigenvalue weighted by Crippen LogP contribution is 2.29. The van der Waals surface area contributed by atoms with Crippen molar-refractivity contribution in [2.24, 2.45) is 0 Å². The van der Waals surface area contributed by atoms with Gasteiger partial charge in [0.25, 0.3) is 5.56 Å². The molecule has 0 radical (unpaired) electrons. The second-order valence-electron chi connectivity index (χ2n) is 12.0. The number of aliphatic hydroxyl groups is 1. The molecule has 1 heterocycles. The number of carboxylic acid groups (broad SMARTS) is 1. The number of amides is 1. The van der Waals surface area contributed by atoms with Crippen LogP contribution >= 0.6 is 0 Å². The molecule has 0 atom stereocenters. The fourth-order valence-electron chi connectivity index (χ4n) is 4.90. The highest BCUT2D eigenvalue weighted by molar-refractivity contribution is 6.08. The van der Waals surface area contributed by atoms with Gasteiger partial charge in [0.1, 0.15) is 28.8 Å². The van der Waals surface area contributed by atoms with E-state index in [1.54, 1.807) is 95.3 Å². The summed E-state index contributed by atoms with van der Waals surface area (Å²) in [6.45, 7) is 10.7. The van der Waals surface area contributed by atoms with E-state index >= 15 is 4.39 Å². The second kappa shape index (κ2) is 13.0. The number of amidine groups is 1. The Kier molecular flexibility index (Phi) is 9.58. The van der Waals surface area contributed by atoms with Gasteiger partial charge in [0.05, 0.1) is 17.0 Å². The van der Waals surface area contributed by atoms with E-state index in [0.29, 0.717) is 57.2 Å². The summed E-state index contributed by atoms with van der Waals surface area (Å²) in [5, 5.41) is 29.7. The zero-order valence-corrected chi connectivity index (χ0v) is 26.4. The first kappa shape index (κ1) is 33.1. The fraction of sp³-hybridized carbons (Fsp3) is 0.314. The largest absolute Gasteiger partial charge is 0.485 e. The predicted octanol–water partition coefficient (Wildman–Crippen LogP) is 6.41. The first-order chi connectivity index (χ1) is 21.1. The van der Waals surface area contributed by atoms with E-state index in [0.717, 1.165) is 6.42 Å². The topological polar surface area (TPSA) is 138 Å². The Morgan fingerprint density at radius 1 is 1.07 bits per heavy atom. The average Bonchev–Trinajstić information content (AvgIpc) is 2.95. The SMILES string of the molecule is CCCc1nc(C)n(-c2ccc(OC(C)(C)C(C)(C)O)cc2)c(=O)c1Cc1ccc(-c2ccccc2C(=N)NC(=O)O)cc1F. The van der Waals surface area contributed by atoms with Crippen molar-refractivity contribution in [2.75, 3.05) is 0 Å². The summed E-state index contributed by atoms with van der Waals surface area (Å²) in [6, 6.07) is 18.3. The van der Waals surface area contributed by atoms with Crippen molar-refractivity contribution in [3.8, 4) is 22.6 Å². The van der Waals surface area contributed by atoms with Crippen LogP contribution in [0, 0.1) is 18.2 Å². The van der Waals surface area contributed by atoms with Crippen LogP contribution in [-0.4, -0.2) is 42.9 Å². The molecule has 0 saturated carbocycles. The fourth-order valence-corrected chi connectivity index (χ4v) is 4.90. The van der Waals surface area contributed by atoms with Gasteiger partial charge in [0.15, 0.2) is 0 Å². The van der Waals surface area contributed by atoms with Crippen LogP contribution in [0.1, 0.15) is 69.2 Å². The molecular weight excluding hydrogens is 575 g/mol. The molecule has 3 aromatic carbocycles. The molecule has 9 nitrogen and oxygen atoms in total. The van der Waals surface area contributed by atoms with E-state index < -0.39 is 23.1 Å². The van der Waals surface area contributed by atoms with Crippen molar-refractivity contribution in [2.45, 2.75) is 72.0 Å². The summed E-state index contributed by atoms with van der Waals surface area (Å²) in [5.74, 6) is 0.177. The Bertz CT molecular complexity index is 1790. The van der Waals surface area contributed by atoms with Gasteiger partial charge in [0.2, 0.25) is 0 Å². The van der Waals surface area contributed by atoms with Gasteiger partial charge in [-0.2, -0.15) is 0 Å². The van der Waals surface area contributed by atoms with E-state index in [-0.39, 0.29) is 17.8 Å². The average molecular weight is 615 g/mol. The zero-order valence-electron chi connectivity index (χ0n) is 26.4. The van der Waals surface area contributed by atoms with Gasteiger partial charge >= 0.3 is 6.09 Å². The molecule has 0 saturated heterocycles. The maximum absolute atomic E-state index is 15.7. The third-order valence-corrected chi connectivity index (χ3v) is 8.02. The van der Waals surface area contributed by atoms with E-state index in [9.17, 15) is 14.7 Å². The Morgan fingerprint density at radius 3 is 2.33 bits per heavy atom.